The van der Waals surface area contributed by atoms with Crippen molar-refractivity contribution in [2.24, 2.45) is 0 Å². The minimum Gasteiger partial charge on any atom is -0.463 e. The molecule has 1 aromatic heterocycles. The van der Waals surface area contributed by atoms with Crippen LogP contribution in [0.3, 0.4) is 0 Å². The molecule has 1 aliphatic rings. The molecule has 2 aromatic carbocycles. The van der Waals surface area contributed by atoms with Crippen LogP contribution in [0.4, 0.5) is 11.6 Å². The molecule has 0 bridgehead atoms. The third-order valence-electron chi connectivity index (χ3n) is 5.11. The summed E-state index contributed by atoms with van der Waals surface area (Å²) in [7, 11) is 0. The molecule has 2 heterocycles. The van der Waals surface area contributed by atoms with Crippen LogP contribution in [-0.4, -0.2) is 27.1 Å². The zero-order valence-electron chi connectivity index (χ0n) is 16.8. The van der Waals surface area contributed by atoms with Crippen molar-refractivity contribution in [3.05, 3.63) is 75.5 Å². The van der Waals surface area contributed by atoms with E-state index in [4.69, 9.17) is 9.72 Å². The van der Waals surface area contributed by atoms with Crippen molar-refractivity contribution >= 4 is 28.6 Å². The van der Waals surface area contributed by atoms with Crippen molar-refractivity contribution < 1.29 is 14.5 Å². The van der Waals surface area contributed by atoms with E-state index in [9.17, 15) is 14.9 Å². The highest BCUT2D eigenvalue weighted by molar-refractivity contribution is 5.94. The van der Waals surface area contributed by atoms with Gasteiger partial charge >= 0.3 is 5.97 Å². The number of ether oxygens (including phenoxy) is 1. The number of anilines is 1. The summed E-state index contributed by atoms with van der Waals surface area (Å²) in [6.45, 7) is 4.02. The average Bonchev–Trinajstić information content (AvgIpc) is 3.11. The summed E-state index contributed by atoms with van der Waals surface area (Å²) in [6.07, 6.45) is 1.44. The molecule has 0 radical (unpaired) electrons. The summed E-state index contributed by atoms with van der Waals surface area (Å²) in [5.41, 5.74) is 3.39. The Morgan fingerprint density at radius 1 is 1.23 bits per heavy atom. The van der Waals surface area contributed by atoms with Gasteiger partial charge in [0.05, 0.1) is 34.2 Å². The van der Waals surface area contributed by atoms with Gasteiger partial charge in [0.1, 0.15) is 0 Å². The lowest BCUT2D eigenvalue weighted by atomic mass is 9.93. The highest BCUT2D eigenvalue weighted by Gasteiger charge is 2.36. The molecule has 154 valence electrons. The number of imidazole rings is 1. The van der Waals surface area contributed by atoms with Crippen LogP contribution in [0.15, 0.2) is 59.8 Å². The first-order chi connectivity index (χ1) is 14.5. The van der Waals surface area contributed by atoms with Gasteiger partial charge in [0.15, 0.2) is 0 Å². The second-order valence-corrected chi connectivity index (χ2v) is 7.04. The van der Waals surface area contributed by atoms with Gasteiger partial charge in [0, 0.05) is 17.8 Å². The monoisotopic (exact) mass is 406 g/mol. The number of allylic oxidation sites excluding steroid dienone is 1. The maximum absolute atomic E-state index is 13.1. The molecule has 30 heavy (non-hydrogen) atoms. The smallest absolute Gasteiger partial charge is 0.338 e. The highest BCUT2D eigenvalue weighted by Crippen LogP contribution is 2.41. The number of nitrogens with zero attached hydrogens (tertiary/aromatic N) is 3. The molecular formula is C22H22N4O4. The standard InChI is InChI=1S/C22H22N4O4/c1-3-8-17-19(21(27)30-4-2)20(14-9-7-10-15(13-14)26(28)29)25-18-12-6-5-11-16(18)23-22(25)24-17/h5-7,9-13,20H,3-4,8H2,1-2H3,(H,23,24)/t20-/m0/s1. The minimum absolute atomic E-state index is 0.0303. The first-order valence-electron chi connectivity index (χ1n) is 9.93. The predicted molar refractivity (Wildman–Crippen MR) is 113 cm³/mol. The van der Waals surface area contributed by atoms with Crippen LogP contribution in [0, 0.1) is 10.1 Å². The van der Waals surface area contributed by atoms with Crippen molar-refractivity contribution in [1.29, 1.82) is 0 Å². The molecule has 0 spiro atoms. The van der Waals surface area contributed by atoms with Crippen LogP contribution in [0.5, 0.6) is 0 Å². The van der Waals surface area contributed by atoms with E-state index >= 15 is 0 Å². The number of nitrogens with one attached hydrogen (secondary N) is 1. The van der Waals surface area contributed by atoms with Crippen molar-refractivity contribution in [3.8, 4) is 0 Å². The third-order valence-corrected chi connectivity index (χ3v) is 5.11. The number of esters is 1. The summed E-state index contributed by atoms with van der Waals surface area (Å²) >= 11 is 0. The molecule has 1 atom stereocenters. The van der Waals surface area contributed by atoms with E-state index in [-0.39, 0.29) is 12.3 Å². The van der Waals surface area contributed by atoms with E-state index in [1.807, 2.05) is 35.8 Å². The number of hydrogen-bond acceptors (Lipinski definition) is 6. The summed E-state index contributed by atoms with van der Waals surface area (Å²) in [5, 5.41) is 14.7. The summed E-state index contributed by atoms with van der Waals surface area (Å²) in [5.74, 6) is 0.164. The Kier molecular flexibility index (Phi) is 5.22. The van der Waals surface area contributed by atoms with Gasteiger partial charge in [-0.1, -0.05) is 37.6 Å². The Labute approximate surface area is 173 Å². The number of nitro groups is 1. The molecule has 0 saturated carbocycles. The Bertz CT molecular complexity index is 1160. The third kappa shape index (κ3) is 3.30. The van der Waals surface area contributed by atoms with Gasteiger partial charge in [0.25, 0.3) is 5.69 Å². The van der Waals surface area contributed by atoms with E-state index in [0.717, 1.165) is 23.2 Å². The lowest BCUT2D eigenvalue weighted by molar-refractivity contribution is -0.384. The number of hydrogen-bond donors (Lipinski definition) is 1. The number of para-hydroxylation sites is 2. The molecule has 4 rings (SSSR count). The van der Waals surface area contributed by atoms with E-state index in [1.165, 1.54) is 12.1 Å². The largest absolute Gasteiger partial charge is 0.463 e. The average molecular weight is 406 g/mol. The van der Waals surface area contributed by atoms with E-state index in [1.54, 1.807) is 19.1 Å². The number of rotatable bonds is 6. The fourth-order valence-corrected chi connectivity index (χ4v) is 3.91. The minimum atomic E-state index is -0.589. The molecule has 0 unspecified atom stereocenters. The maximum atomic E-state index is 13.1. The topological polar surface area (TPSA) is 99.3 Å². The zero-order chi connectivity index (χ0) is 21.3. The van der Waals surface area contributed by atoms with E-state index < -0.39 is 16.9 Å². The van der Waals surface area contributed by atoms with E-state index in [2.05, 4.69) is 5.32 Å². The van der Waals surface area contributed by atoms with Crippen LogP contribution in [0.1, 0.15) is 38.3 Å². The van der Waals surface area contributed by atoms with E-state index in [0.29, 0.717) is 23.5 Å². The van der Waals surface area contributed by atoms with Gasteiger partial charge in [-0.15, -0.1) is 0 Å². The fraction of sp³-hybridized carbons (Fsp3) is 0.273. The van der Waals surface area contributed by atoms with Crippen molar-refractivity contribution in [2.75, 3.05) is 11.9 Å². The molecule has 1 N–H and O–H groups in total. The first kappa shape index (κ1) is 19.6. The molecule has 0 saturated heterocycles. The Balaban J connectivity index is 2.01. The van der Waals surface area contributed by atoms with Gasteiger partial charge in [-0.2, -0.15) is 0 Å². The van der Waals surface area contributed by atoms with Crippen LogP contribution in [0.25, 0.3) is 11.0 Å². The van der Waals surface area contributed by atoms with Crippen molar-refractivity contribution in [3.63, 3.8) is 0 Å². The van der Waals surface area contributed by atoms with Crippen LogP contribution in [-0.2, 0) is 9.53 Å². The molecule has 0 amide bonds. The summed E-state index contributed by atoms with van der Waals surface area (Å²) in [4.78, 5) is 28.7. The van der Waals surface area contributed by atoms with Crippen LogP contribution >= 0.6 is 0 Å². The van der Waals surface area contributed by atoms with Gasteiger partial charge in [-0.25, -0.2) is 9.78 Å². The maximum Gasteiger partial charge on any atom is 0.338 e. The van der Waals surface area contributed by atoms with Gasteiger partial charge < -0.3 is 10.1 Å². The van der Waals surface area contributed by atoms with Crippen LogP contribution in [0.2, 0.25) is 0 Å². The lowest BCUT2D eigenvalue weighted by Crippen LogP contribution is -2.29. The normalized spacial score (nSPS) is 15.6. The number of aromatic nitrogens is 2. The second kappa shape index (κ2) is 7.98. The lowest BCUT2D eigenvalue weighted by Gasteiger charge is -2.31. The molecule has 0 fully saturated rings. The van der Waals surface area contributed by atoms with Crippen molar-refractivity contribution in [2.45, 2.75) is 32.7 Å². The number of non-ortho nitro benzene ring substituents is 1. The number of carbonyl (C=O) groups excluding carboxylic acids is 1. The predicted octanol–water partition coefficient (Wildman–Crippen LogP) is 4.58. The quantitative estimate of drug-likeness (QED) is 0.365. The zero-order valence-corrected chi connectivity index (χ0v) is 16.8. The molecule has 3 aromatic rings. The SMILES string of the molecule is CCCC1=C(C(=O)OCC)[C@H](c2cccc([N+](=O)[O-])c2)n2c(nc3ccccc32)N1. The number of carbonyl (C=O) groups is 1. The molecule has 0 aliphatic carbocycles. The fourth-order valence-electron chi connectivity index (χ4n) is 3.91. The number of benzene rings is 2. The second-order valence-electron chi connectivity index (χ2n) is 7.04. The summed E-state index contributed by atoms with van der Waals surface area (Å²) < 4.78 is 7.30. The molecule has 1 aliphatic heterocycles. The van der Waals surface area contributed by atoms with Crippen molar-refractivity contribution in [1.82, 2.24) is 9.55 Å². The van der Waals surface area contributed by atoms with Gasteiger partial charge in [-0.3, -0.25) is 14.7 Å². The van der Waals surface area contributed by atoms with Gasteiger partial charge in [0.2, 0.25) is 5.95 Å². The molecule has 8 heteroatoms. The molecule has 8 nitrogen and oxygen atoms in total. The molecular weight excluding hydrogens is 384 g/mol. The first-order valence-corrected chi connectivity index (χ1v) is 9.93. The Morgan fingerprint density at radius 2 is 2.03 bits per heavy atom. The highest BCUT2D eigenvalue weighted by atomic mass is 16.6. The summed E-state index contributed by atoms with van der Waals surface area (Å²) in [6, 6.07) is 13.4. The number of fused-ring (bicyclic) bond motifs is 3. The number of nitro benzene ring substituents is 1. The van der Waals surface area contributed by atoms with Gasteiger partial charge in [-0.05, 0) is 31.0 Å². The Hall–Kier alpha value is -3.68. The van der Waals surface area contributed by atoms with Crippen LogP contribution < -0.4 is 5.32 Å². The Morgan fingerprint density at radius 3 is 2.77 bits per heavy atom.